The van der Waals surface area contributed by atoms with Crippen LogP contribution in [-0.4, -0.2) is 53.6 Å². The van der Waals surface area contributed by atoms with E-state index >= 15 is 0 Å². The minimum absolute atomic E-state index is 0.00000451. The van der Waals surface area contributed by atoms with Crippen LogP contribution in [-0.2, 0) is 4.79 Å². The minimum Gasteiger partial charge on any atom is -0.325 e. The van der Waals surface area contributed by atoms with E-state index in [1.165, 1.54) is 13.0 Å². The number of nitrogens with one attached hydrogen (secondary N) is 1. The van der Waals surface area contributed by atoms with Crippen LogP contribution in [0.4, 0.5) is 0 Å². The van der Waals surface area contributed by atoms with Crippen molar-refractivity contribution in [1.29, 1.82) is 0 Å². The topological polar surface area (TPSA) is 35.6 Å². The predicted molar refractivity (Wildman–Crippen MR) is 86.9 cm³/mol. The molecule has 2 fully saturated rings. The molecule has 1 amide bonds. The van der Waals surface area contributed by atoms with E-state index in [1.807, 2.05) is 0 Å². The van der Waals surface area contributed by atoms with Gasteiger partial charge in [0, 0.05) is 19.1 Å². The Labute approximate surface area is 130 Å². The molecule has 2 aliphatic heterocycles. The summed E-state index contributed by atoms with van der Waals surface area (Å²) in [6.07, 6.45) is 1.43. The van der Waals surface area contributed by atoms with Crippen molar-refractivity contribution >= 4 is 5.91 Å². The van der Waals surface area contributed by atoms with Gasteiger partial charge in [-0.15, -0.1) is 0 Å². The molecule has 122 valence electrons. The van der Waals surface area contributed by atoms with E-state index in [-0.39, 0.29) is 12.2 Å². The van der Waals surface area contributed by atoms with Gasteiger partial charge < -0.3 is 9.80 Å². The van der Waals surface area contributed by atoms with E-state index < -0.39 is 0 Å². The quantitative estimate of drug-likeness (QED) is 0.844. The Balaban J connectivity index is 2.01. The lowest BCUT2D eigenvalue weighted by molar-refractivity contribution is -0.131. The fourth-order valence-electron chi connectivity index (χ4n) is 3.65. The highest BCUT2D eigenvalue weighted by Gasteiger charge is 2.42. The smallest absolute Gasteiger partial charge is 0.241 e. The van der Waals surface area contributed by atoms with Crippen LogP contribution in [0.1, 0.15) is 48.0 Å². The first-order valence-corrected chi connectivity index (χ1v) is 8.61. The second-order valence-corrected chi connectivity index (χ2v) is 7.81. The highest BCUT2D eigenvalue weighted by atomic mass is 16.2. The zero-order valence-electron chi connectivity index (χ0n) is 14.6. The third-order valence-corrected chi connectivity index (χ3v) is 5.04. The Bertz CT molecular complexity index is 367. The number of hydrogen-bond donors (Lipinski definition) is 1. The summed E-state index contributed by atoms with van der Waals surface area (Å²) in [7, 11) is 0. The number of rotatable bonds is 5. The van der Waals surface area contributed by atoms with Crippen LogP contribution in [0.3, 0.4) is 0 Å². The number of amides is 1. The SMILES string of the molecule is CC(C)C1NC(C(C)C)N(CC2CCN(C(C)C)C2)C1=O. The molecule has 2 rings (SSSR count). The second-order valence-electron chi connectivity index (χ2n) is 7.81. The molecule has 0 aromatic heterocycles. The summed E-state index contributed by atoms with van der Waals surface area (Å²) in [6, 6.07) is 0.617. The number of hydrogen-bond acceptors (Lipinski definition) is 3. The molecule has 0 saturated carbocycles. The Morgan fingerprint density at radius 1 is 1.14 bits per heavy atom. The third kappa shape index (κ3) is 3.59. The van der Waals surface area contributed by atoms with Gasteiger partial charge in [0.1, 0.15) is 0 Å². The lowest BCUT2D eigenvalue weighted by atomic mass is 10.0. The second kappa shape index (κ2) is 6.66. The molecular formula is C17H33N3O. The molecule has 2 heterocycles. The maximum absolute atomic E-state index is 12.7. The summed E-state index contributed by atoms with van der Waals surface area (Å²) in [6.45, 7) is 16.4. The van der Waals surface area contributed by atoms with E-state index in [1.54, 1.807) is 0 Å². The first-order valence-electron chi connectivity index (χ1n) is 8.61. The van der Waals surface area contributed by atoms with Crippen LogP contribution >= 0.6 is 0 Å². The van der Waals surface area contributed by atoms with E-state index in [9.17, 15) is 4.79 Å². The van der Waals surface area contributed by atoms with Gasteiger partial charge in [-0.2, -0.15) is 0 Å². The number of carbonyl (C=O) groups is 1. The predicted octanol–water partition coefficient (Wildman–Crippen LogP) is 2.16. The van der Waals surface area contributed by atoms with Crippen LogP contribution in [0.5, 0.6) is 0 Å². The van der Waals surface area contributed by atoms with Gasteiger partial charge in [0.25, 0.3) is 0 Å². The zero-order valence-corrected chi connectivity index (χ0v) is 14.6. The average molecular weight is 295 g/mol. The molecule has 2 aliphatic rings. The molecule has 0 aliphatic carbocycles. The first-order chi connectivity index (χ1) is 9.81. The maximum Gasteiger partial charge on any atom is 0.241 e. The van der Waals surface area contributed by atoms with Crippen molar-refractivity contribution in [3.05, 3.63) is 0 Å². The molecule has 1 N–H and O–H groups in total. The highest BCUT2D eigenvalue weighted by Crippen LogP contribution is 2.26. The monoisotopic (exact) mass is 295 g/mol. The Kier molecular flexibility index (Phi) is 5.31. The van der Waals surface area contributed by atoms with E-state index in [4.69, 9.17) is 0 Å². The lowest BCUT2D eigenvalue weighted by Crippen LogP contribution is -2.44. The number of likely N-dealkylation sites (tertiary alicyclic amines) is 1. The van der Waals surface area contributed by atoms with Crippen LogP contribution in [0.2, 0.25) is 0 Å². The van der Waals surface area contributed by atoms with Gasteiger partial charge in [0.05, 0.1) is 12.2 Å². The Morgan fingerprint density at radius 2 is 1.81 bits per heavy atom. The normalized spacial score (nSPS) is 31.4. The molecule has 0 aromatic rings. The average Bonchev–Trinajstić information content (AvgIpc) is 2.96. The zero-order chi connectivity index (χ0) is 15.7. The molecule has 3 atom stereocenters. The lowest BCUT2D eigenvalue weighted by Gasteiger charge is -2.30. The fraction of sp³-hybridized carbons (Fsp3) is 0.941. The van der Waals surface area contributed by atoms with Crippen molar-refractivity contribution in [3.8, 4) is 0 Å². The van der Waals surface area contributed by atoms with Gasteiger partial charge in [0.15, 0.2) is 0 Å². The van der Waals surface area contributed by atoms with Crippen LogP contribution in [0.25, 0.3) is 0 Å². The van der Waals surface area contributed by atoms with Gasteiger partial charge in [-0.3, -0.25) is 10.1 Å². The van der Waals surface area contributed by atoms with Gasteiger partial charge in [-0.1, -0.05) is 27.7 Å². The third-order valence-electron chi connectivity index (χ3n) is 5.04. The molecule has 2 saturated heterocycles. The summed E-state index contributed by atoms with van der Waals surface area (Å²) < 4.78 is 0. The summed E-state index contributed by atoms with van der Waals surface area (Å²) in [4.78, 5) is 17.4. The maximum atomic E-state index is 12.7. The molecule has 0 radical (unpaired) electrons. The van der Waals surface area contributed by atoms with E-state index in [0.717, 1.165) is 13.1 Å². The van der Waals surface area contributed by atoms with Crippen LogP contribution < -0.4 is 5.32 Å². The molecular weight excluding hydrogens is 262 g/mol. The van der Waals surface area contributed by atoms with Gasteiger partial charge >= 0.3 is 0 Å². The van der Waals surface area contributed by atoms with Gasteiger partial charge in [-0.25, -0.2) is 0 Å². The minimum atomic E-state index is 0.00000451. The van der Waals surface area contributed by atoms with E-state index in [0.29, 0.717) is 29.7 Å². The molecule has 0 bridgehead atoms. The van der Waals surface area contributed by atoms with Gasteiger partial charge in [0.2, 0.25) is 5.91 Å². The van der Waals surface area contributed by atoms with Gasteiger partial charge in [-0.05, 0) is 44.6 Å². The fourth-order valence-corrected chi connectivity index (χ4v) is 3.65. The largest absolute Gasteiger partial charge is 0.325 e. The summed E-state index contributed by atoms with van der Waals surface area (Å²) in [5.74, 6) is 1.76. The van der Waals surface area contributed by atoms with Crippen molar-refractivity contribution < 1.29 is 4.79 Å². The molecule has 3 unspecified atom stereocenters. The Hall–Kier alpha value is -0.610. The summed E-state index contributed by atoms with van der Waals surface area (Å²) in [5.41, 5.74) is 0. The first kappa shape index (κ1) is 16.8. The van der Waals surface area contributed by atoms with Crippen LogP contribution in [0.15, 0.2) is 0 Å². The number of carbonyl (C=O) groups excluding carboxylic acids is 1. The van der Waals surface area contributed by atoms with Crippen molar-refractivity contribution in [2.24, 2.45) is 17.8 Å². The molecule has 4 heteroatoms. The van der Waals surface area contributed by atoms with Crippen molar-refractivity contribution in [2.75, 3.05) is 19.6 Å². The van der Waals surface area contributed by atoms with E-state index in [2.05, 4.69) is 56.7 Å². The Morgan fingerprint density at radius 3 is 2.29 bits per heavy atom. The molecule has 0 spiro atoms. The number of nitrogens with zero attached hydrogens (tertiary/aromatic N) is 2. The van der Waals surface area contributed by atoms with Crippen molar-refractivity contribution in [2.45, 2.75) is 66.2 Å². The molecule has 4 nitrogen and oxygen atoms in total. The standard InChI is InChI=1S/C17H33N3O/c1-11(2)15-17(21)20(16(18-15)12(3)4)10-14-7-8-19(9-14)13(5)6/h11-16,18H,7-10H2,1-6H3. The summed E-state index contributed by atoms with van der Waals surface area (Å²) in [5, 5.41) is 3.56. The molecule has 0 aromatic carbocycles. The van der Waals surface area contributed by atoms with Crippen molar-refractivity contribution in [3.63, 3.8) is 0 Å². The highest BCUT2D eigenvalue weighted by molar-refractivity contribution is 5.84. The van der Waals surface area contributed by atoms with Crippen LogP contribution in [0, 0.1) is 17.8 Å². The molecule has 21 heavy (non-hydrogen) atoms. The summed E-state index contributed by atoms with van der Waals surface area (Å²) >= 11 is 0. The van der Waals surface area contributed by atoms with Crippen molar-refractivity contribution in [1.82, 2.24) is 15.1 Å².